The van der Waals surface area contributed by atoms with Gasteiger partial charge < -0.3 is 20.7 Å². The minimum absolute atomic E-state index is 0.204. The van der Waals surface area contributed by atoms with Crippen LogP contribution in [0.15, 0.2) is 23.4 Å². The average molecular weight is 339 g/mol. The van der Waals surface area contributed by atoms with E-state index >= 15 is 0 Å². The van der Waals surface area contributed by atoms with Crippen molar-refractivity contribution in [3.05, 3.63) is 33.5 Å². The highest BCUT2D eigenvalue weighted by Crippen LogP contribution is 2.27. The molecule has 23 heavy (non-hydrogen) atoms. The summed E-state index contributed by atoms with van der Waals surface area (Å²) in [6.45, 7) is -1.11. The van der Waals surface area contributed by atoms with Crippen molar-refractivity contribution >= 4 is 0 Å². The van der Waals surface area contributed by atoms with Gasteiger partial charge in [0.15, 0.2) is 12.3 Å². The van der Waals surface area contributed by atoms with Gasteiger partial charge in [-0.1, -0.05) is 0 Å². The highest BCUT2D eigenvalue weighted by atomic mass is 19.4. The normalized spacial score (nSPS) is 22.0. The average Bonchev–Trinajstić information content (AvgIpc) is 2.43. The Bertz CT molecular complexity index is 519. The number of hydrogen-bond donors (Lipinski definition) is 3. The van der Waals surface area contributed by atoms with E-state index in [0.717, 1.165) is 6.08 Å². The molecule has 0 aromatic heterocycles. The first-order chi connectivity index (χ1) is 10.5. The standard InChI is InChI=1S/C12H20F3N5O3/c1-17-11(4-5-19(2)3)9(20(21)22)6-8(16)10(18-11)23-7-12(13,14)15/h6,17-18H,4-5,7,16H2,1-3H3. The van der Waals surface area contributed by atoms with Gasteiger partial charge in [0.2, 0.25) is 5.88 Å². The van der Waals surface area contributed by atoms with Crippen molar-refractivity contribution in [2.24, 2.45) is 5.73 Å². The zero-order valence-corrected chi connectivity index (χ0v) is 13.0. The Morgan fingerprint density at radius 1 is 1.52 bits per heavy atom. The summed E-state index contributed by atoms with van der Waals surface area (Å²) in [4.78, 5) is 12.4. The van der Waals surface area contributed by atoms with E-state index in [1.54, 1.807) is 19.0 Å². The van der Waals surface area contributed by atoms with Crippen LogP contribution in [-0.4, -0.2) is 56.0 Å². The highest BCUT2D eigenvalue weighted by Gasteiger charge is 2.45. The molecule has 0 saturated heterocycles. The molecule has 0 aliphatic carbocycles. The maximum absolute atomic E-state index is 12.3. The van der Waals surface area contributed by atoms with Crippen molar-refractivity contribution < 1.29 is 22.8 Å². The molecule has 4 N–H and O–H groups in total. The number of rotatable bonds is 7. The van der Waals surface area contributed by atoms with Gasteiger partial charge in [-0.15, -0.1) is 0 Å². The zero-order chi connectivity index (χ0) is 17.8. The van der Waals surface area contributed by atoms with Crippen LogP contribution in [0.3, 0.4) is 0 Å². The molecule has 132 valence electrons. The second-order valence-electron chi connectivity index (χ2n) is 5.31. The molecule has 0 amide bonds. The summed E-state index contributed by atoms with van der Waals surface area (Å²) in [6.07, 6.45) is -3.34. The van der Waals surface area contributed by atoms with Gasteiger partial charge >= 0.3 is 6.18 Å². The third-order valence-electron chi connectivity index (χ3n) is 3.26. The van der Waals surface area contributed by atoms with Gasteiger partial charge in [-0.25, -0.2) is 0 Å². The number of ether oxygens (including phenoxy) is 1. The van der Waals surface area contributed by atoms with Crippen LogP contribution in [0, 0.1) is 10.1 Å². The molecule has 11 heteroatoms. The fraction of sp³-hybridized carbons (Fsp3) is 0.667. The van der Waals surface area contributed by atoms with Crippen LogP contribution >= 0.6 is 0 Å². The number of dihydropyridines is 1. The van der Waals surface area contributed by atoms with Crippen LogP contribution < -0.4 is 16.4 Å². The third kappa shape index (κ3) is 4.99. The molecule has 0 fully saturated rings. The topological polar surface area (TPSA) is 106 Å². The van der Waals surface area contributed by atoms with E-state index < -0.39 is 23.4 Å². The molecule has 1 heterocycles. The van der Waals surface area contributed by atoms with Crippen molar-refractivity contribution in [2.75, 3.05) is 34.3 Å². The van der Waals surface area contributed by atoms with Gasteiger partial charge in [0.25, 0.3) is 5.70 Å². The first-order valence-electron chi connectivity index (χ1n) is 6.68. The summed E-state index contributed by atoms with van der Waals surface area (Å²) in [5.74, 6) is -0.346. The summed E-state index contributed by atoms with van der Waals surface area (Å²) in [6, 6.07) is 0. The predicted molar refractivity (Wildman–Crippen MR) is 76.4 cm³/mol. The van der Waals surface area contributed by atoms with E-state index in [0.29, 0.717) is 6.54 Å². The molecule has 1 atom stereocenters. The molecule has 0 spiro atoms. The summed E-state index contributed by atoms with van der Waals surface area (Å²) >= 11 is 0. The van der Waals surface area contributed by atoms with Gasteiger partial charge in [0.1, 0.15) is 0 Å². The van der Waals surface area contributed by atoms with Crippen LogP contribution in [0.5, 0.6) is 0 Å². The Morgan fingerprint density at radius 3 is 2.57 bits per heavy atom. The number of nitro groups is 1. The van der Waals surface area contributed by atoms with Crippen LogP contribution in [0.1, 0.15) is 6.42 Å². The van der Waals surface area contributed by atoms with Gasteiger partial charge in [-0.2, -0.15) is 13.2 Å². The quantitative estimate of drug-likeness (QED) is 0.453. The fourth-order valence-corrected chi connectivity index (χ4v) is 2.05. The lowest BCUT2D eigenvalue weighted by Crippen LogP contribution is -2.61. The van der Waals surface area contributed by atoms with Crippen LogP contribution in [0.2, 0.25) is 0 Å². The van der Waals surface area contributed by atoms with Gasteiger partial charge in [0.05, 0.1) is 10.6 Å². The Morgan fingerprint density at radius 2 is 2.13 bits per heavy atom. The number of nitrogens with zero attached hydrogens (tertiary/aromatic N) is 2. The monoisotopic (exact) mass is 339 g/mol. The smallest absolute Gasteiger partial charge is 0.422 e. The third-order valence-corrected chi connectivity index (χ3v) is 3.26. The van der Waals surface area contributed by atoms with E-state index in [9.17, 15) is 23.3 Å². The number of nitrogens with two attached hydrogens (primary N) is 1. The van der Waals surface area contributed by atoms with Crippen molar-refractivity contribution in [1.29, 1.82) is 0 Å². The van der Waals surface area contributed by atoms with E-state index in [-0.39, 0.29) is 23.7 Å². The summed E-state index contributed by atoms with van der Waals surface area (Å²) in [5, 5.41) is 16.7. The van der Waals surface area contributed by atoms with Gasteiger partial charge in [-0.3, -0.25) is 15.4 Å². The van der Waals surface area contributed by atoms with E-state index in [1.807, 2.05) is 0 Å². The number of likely N-dealkylation sites (N-methyl/N-ethyl adjacent to an activating group) is 1. The first-order valence-corrected chi connectivity index (χ1v) is 6.68. The Balaban J connectivity index is 3.12. The van der Waals surface area contributed by atoms with Gasteiger partial charge in [0, 0.05) is 19.0 Å². The number of hydrogen-bond acceptors (Lipinski definition) is 7. The lowest BCUT2D eigenvalue weighted by atomic mass is 9.98. The summed E-state index contributed by atoms with van der Waals surface area (Å²) < 4.78 is 41.6. The van der Waals surface area contributed by atoms with Crippen molar-refractivity contribution in [3.63, 3.8) is 0 Å². The number of nitrogens with one attached hydrogen (secondary N) is 2. The van der Waals surface area contributed by atoms with E-state index in [1.165, 1.54) is 7.05 Å². The SMILES string of the molecule is CNC1(CCN(C)C)NC(OCC(F)(F)F)=C(N)C=C1[N+](=O)[O-]. The van der Waals surface area contributed by atoms with Crippen LogP contribution in [0.25, 0.3) is 0 Å². The van der Waals surface area contributed by atoms with Crippen LogP contribution in [-0.2, 0) is 4.74 Å². The molecule has 0 saturated carbocycles. The first kappa shape index (κ1) is 19.0. The second kappa shape index (κ2) is 7.04. The fourth-order valence-electron chi connectivity index (χ4n) is 2.05. The Hall–Kier alpha value is -2.01. The Kier molecular flexibility index (Phi) is 5.83. The lowest BCUT2D eigenvalue weighted by Gasteiger charge is -2.36. The molecule has 8 nitrogen and oxygen atoms in total. The molecule has 0 radical (unpaired) electrons. The van der Waals surface area contributed by atoms with Crippen LogP contribution in [0.4, 0.5) is 13.2 Å². The maximum Gasteiger partial charge on any atom is 0.422 e. The molecule has 0 aromatic rings. The number of allylic oxidation sites excluding steroid dienone is 1. The Labute approximate surface area is 131 Å². The van der Waals surface area contributed by atoms with Gasteiger partial charge in [-0.05, 0) is 21.1 Å². The van der Waals surface area contributed by atoms with E-state index in [2.05, 4.69) is 15.4 Å². The number of alkyl halides is 3. The lowest BCUT2D eigenvalue weighted by molar-refractivity contribution is -0.438. The number of halogens is 3. The summed E-state index contributed by atoms with van der Waals surface area (Å²) in [5.41, 5.74) is 3.62. The summed E-state index contributed by atoms with van der Waals surface area (Å²) in [7, 11) is 5.00. The minimum atomic E-state index is -4.55. The molecule has 1 rings (SSSR count). The molecular weight excluding hydrogens is 319 g/mol. The van der Waals surface area contributed by atoms with Crippen molar-refractivity contribution in [1.82, 2.24) is 15.5 Å². The zero-order valence-electron chi connectivity index (χ0n) is 13.0. The van der Waals surface area contributed by atoms with E-state index in [4.69, 9.17) is 5.73 Å². The maximum atomic E-state index is 12.3. The molecule has 1 aliphatic rings. The largest absolute Gasteiger partial charge is 0.468 e. The van der Waals surface area contributed by atoms with Crippen molar-refractivity contribution in [3.8, 4) is 0 Å². The second-order valence-corrected chi connectivity index (χ2v) is 5.31. The van der Waals surface area contributed by atoms with Crippen molar-refractivity contribution in [2.45, 2.75) is 18.3 Å². The minimum Gasteiger partial charge on any atom is -0.468 e. The highest BCUT2D eigenvalue weighted by molar-refractivity contribution is 5.32. The molecular formula is C12H20F3N5O3. The predicted octanol–water partition coefficient (Wildman–Crippen LogP) is 0.324. The molecule has 0 bridgehead atoms. The molecule has 0 aromatic carbocycles. The molecule has 1 aliphatic heterocycles. The molecule has 1 unspecified atom stereocenters.